The van der Waals surface area contributed by atoms with E-state index in [-0.39, 0.29) is 17.0 Å². The highest BCUT2D eigenvalue weighted by atomic mass is 32.2. The van der Waals surface area contributed by atoms with Crippen LogP contribution in [0.1, 0.15) is 17.0 Å². The zero-order valence-corrected chi connectivity index (χ0v) is 10.9. The van der Waals surface area contributed by atoms with Gasteiger partial charge in [-0.25, -0.2) is 8.42 Å². The van der Waals surface area contributed by atoms with Crippen LogP contribution in [0.2, 0.25) is 0 Å². The van der Waals surface area contributed by atoms with Gasteiger partial charge in [0.05, 0.1) is 11.3 Å². The van der Waals surface area contributed by atoms with Gasteiger partial charge in [0.15, 0.2) is 0 Å². The highest BCUT2D eigenvalue weighted by molar-refractivity contribution is 7.91. The average Bonchev–Trinajstić information content (AvgIpc) is 2.74. The molecule has 1 aromatic heterocycles. The molecule has 0 aliphatic rings. The molecular weight excluding hydrogens is 266 g/mol. The second-order valence-corrected chi connectivity index (χ2v) is 5.67. The fourth-order valence-corrected chi connectivity index (χ4v) is 2.66. The summed E-state index contributed by atoms with van der Waals surface area (Å²) in [5.41, 5.74) is 0.840. The van der Waals surface area contributed by atoms with Gasteiger partial charge in [-0.05, 0) is 19.1 Å². The molecule has 6 nitrogen and oxygen atoms in total. The summed E-state index contributed by atoms with van der Waals surface area (Å²) in [7, 11) is -3.63. The van der Waals surface area contributed by atoms with Crippen LogP contribution in [0.25, 0.3) is 0 Å². The van der Waals surface area contributed by atoms with Gasteiger partial charge in [-0.2, -0.15) is 5.26 Å². The Hall–Kier alpha value is -2.33. The predicted molar refractivity (Wildman–Crippen MR) is 68.6 cm³/mol. The first-order valence-electron chi connectivity index (χ1n) is 5.42. The number of benzene rings is 1. The summed E-state index contributed by atoms with van der Waals surface area (Å²) < 4.78 is 31.1. The second kappa shape index (κ2) is 5.12. The zero-order valence-electron chi connectivity index (χ0n) is 10.1. The Kier molecular flexibility index (Phi) is 3.53. The summed E-state index contributed by atoms with van der Waals surface area (Å²) in [6.45, 7) is 1.68. The molecule has 0 bridgehead atoms. The third kappa shape index (κ3) is 3.33. The first kappa shape index (κ1) is 13.1. The van der Waals surface area contributed by atoms with Crippen LogP contribution in [0.5, 0.6) is 0 Å². The largest absolute Gasteiger partial charge is 0.361 e. The van der Waals surface area contributed by atoms with Gasteiger partial charge in [-0.3, -0.25) is 4.72 Å². The molecule has 0 amide bonds. The Bertz CT molecular complexity index is 729. The Morgan fingerprint density at radius 1 is 1.42 bits per heavy atom. The third-order valence-corrected chi connectivity index (χ3v) is 3.53. The fraction of sp³-hybridized carbons (Fsp3) is 0.167. The molecule has 1 N–H and O–H groups in total. The molecule has 0 aliphatic carbocycles. The number of nitriles is 1. The molecule has 0 saturated heterocycles. The standard InChI is InChI=1S/C12H11N3O3S/c1-9-6-11(14-18-9)8-19(16,17)15-12-5-3-2-4-10(12)7-13/h2-6,15H,8H2,1H3. The van der Waals surface area contributed by atoms with Crippen LogP contribution in [-0.4, -0.2) is 13.6 Å². The van der Waals surface area contributed by atoms with Crippen LogP contribution in [0.4, 0.5) is 5.69 Å². The Morgan fingerprint density at radius 3 is 2.79 bits per heavy atom. The lowest BCUT2D eigenvalue weighted by Gasteiger charge is -2.07. The van der Waals surface area contributed by atoms with E-state index in [1.807, 2.05) is 6.07 Å². The minimum absolute atomic E-state index is 0.255. The van der Waals surface area contributed by atoms with Gasteiger partial charge in [0, 0.05) is 6.07 Å². The van der Waals surface area contributed by atoms with E-state index >= 15 is 0 Å². The second-order valence-electron chi connectivity index (χ2n) is 3.95. The maximum absolute atomic E-state index is 11.9. The maximum atomic E-state index is 11.9. The van der Waals surface area contributed by atoms with Crippen LogP contribution >= 0.6 is 0 Å². The number of hydrogen-bond acceptors (Lipinski definition) is 5. The number of aryl methyl sites for hydroxylation is 1. The Morgan fingerprint density at radius 2 is 2.16 bits per heavy atom. The van der Waals surface area contributed by atoms with E-state index in [1.165, 1.54) is 12.1 Å². The van der Waals surface area contributed by atoms with E-state index in [0.717, 1.165) is 0 Å². The topological polar surface area (TPSA) is 96.0 Å². The van der Waals surface area contributed by atoms with Crippen molar-refractivity contribution in [3.05, 3.63) is 47.3 Å². The zero-order chi connectivity index (χ0) is 13.9. The predicted octanol–water partition coefficient (Wildman–Crippen LogP) is 1.80. The lowest BCUT2D eigenvalue weighted by molar-refractivity contribution is 0.392. The molecule has 98 valence electrons. The molecule has 1 aromatic carbocycles. The maximum Gasteiger partial charge on any atom is 0.238 e. The number of nitrogens with zero attached hydrogens (tertiary/aromatic N) is 2. The molecule has 0 spiro atoms. The molecule has 1 heterocycles. The summed E-state index contributed by atoms with van der Waals surface area (Å²) in [4.78, 5) is 0. The van der Waals surface area contributed by atoms with Crippen LogP contribution in [-0.2, 0) is 15.8 Å². The quantitative estimate of drug-likeness (QED) is 0.919. The molecule has 0 fully saturated rings. The van der Waals surface area contributed by atoms with E-state index in [2.05, 4.69) is 9.88 Å². The summed E-state index contributed by atoms with van der Waals surface area (Å²) in [6, 6.07) is 9.86. The van der Waals surface area contributed by atoms with Gasteiger partial charge in [-0.1, -0.05) is 17.3 Å². The molecule has 0 saturated carbocycles. The number of sulfonamides is 1. The lowest BCUT2D eigenvalue weighted by Crippen LogP contribution is -2.16. The molecule has 2 rings (SSSR count). The van der Waals surface area contributed by atoms with Gasteiger partial charge >= 0.3 is 0 Å². The van der Waals surface area contributed by atoms with Crippen LogP contribution in [0, 0.1) is 18.3 Å². The first-order chi connectivity index (χ1) is 9.00. The number of para-hydroxylation sites is 1. The van der Waals surface area contributed by atoms with E-state index < -0.39 is 10.0 Å². The molecule has 0 atom stereocenters. The number of hydrogen-bond donors (Lipinski definition) is 1. The number of rotatable bonds is 4. The Balaban J connectivity index is 2.20. The number of nitrogens with one attached hydrogen (secondary N) is 1. The van der Waals surface area contributed by atoms with Crippen LogP contribution in [0.15, 0.2) is 34.9 Å². The minimum Gasteiger partial charge on any atom is -0.361 e. The summed E-state index contributed by atoms with van der Waals surface area (Å²) in [5.74, 6) is 0.243. The number of aromatic nitrogens is 1. The summed E-state index contributed by atoms with van der Waals surface area (Å²) in [6.07, 6.45) is 0. The van der Waals surface area contributed by atoms with Crippen molar-refractivity contribution in [1.29, 1.82) is 5.26 Å². The van der Waals surface area contributed by atoms with Crippen molar-refractivity contribution in [3.8, 4) is 6.07 Å². The van der Waals surface area contributed by atoms with Gasteiger partial charge in [-0.15, -0.1) is 0 Å². The first-order valence-corrected chi connectivity index (χ1v) is 7.07. The van der Waals surface area contributed by atoms with Crippen LogP contribution < -0.4 is 4.72 Å². The number of anilines is 1. The molecule has 19 heavy (non-hydrogen) atoms. The fourth-order valence-electron chi connectivity index (χ4n) is 1.55. The molecule has 2 aromatic rings. The molecule has 0 aliphatic heterocycles. The van der Waals surface area contributed by atoms with Gasteiger partial charge in [0.1, 0.15) is 23.3 Å². The van der Waals surface area contributed by atoms with Crippen molar-refractivity contribution in [2.24, 2.45) is 0 Å². The van der Waals surface area contributed by atoms with E-state index in [0.29, 0.717) is 11.5 Å². The molecular formula is C12H11N3O3S. The van der Waals surface area contributed by atoms with Crippen molar-refractivity contribution in [2.75, 3.05) is 4.72 Å². The summed E-state index contributed by atoms with van der Waals surface area (Å²) >= 11 is 0. The van der Waals surface area contributed by atoms with Gasteiger partial charge in [0.25, 0.3) is 0 Å². The normalized spacial score (nSPS) is 10.9. The molecule has 7 heteroatoms. The lowest BCUT2D eigenvalue weighted by atomic mass is 10.2. The smallest absolute Gasteiger partial charge is 0.238 e. The average molecular weight is 277 g/mol. The highest BCUT2D eigenvalue weighted by Crippen LogP contribution is 2.17. The third-order valence-electron chi connectivity index (χ3n) is 2.33. The van der Waals surface area contributed by atoms with E-state index in [9.17, 15) is 8.42 Å². The van der Waals surface area contributed by atoms with E-state index in [1.54, 1.807) is 25.1 Å². The van der Waals surface area contributed by atoms with Crippen molar-refractivity contribution in [1.82, 2.24) is 5.16 Å². The van der Waals surface area contributed by atoms with Gasteiger partial charge < -0.3 is 4.52 Å². The van der Waals surface area contributed by atoms with Crippen molar-refractivity contribution in [3.63, 3.8) is 0 Å². The summed E-state index contributed by atoms with van der Waals surface area (Å²) in [5, 5.41) is 12.5. The SMILES string of the molecule is Cc1cc(CS(=O)(=O)Nc2ccccc2C#N)no1. The van der Waals surface area contributed by atoms with Crippen LogP contribution in [0.3, 0.4) is 0 Å². The van der Waals surface area contributed by atoms with Crippen molar-refractivity contribution in [2.45, 2.75) is 12.7 Å². The minimum atomic E-state index is -3.63. The monoisotopic (exact) mass is 277 g/mol. The molecule has 0 unspecified atom stereocenters. The van der Waals surface area contributed by atoms with E-state index in [4.69, 9.17) is 9.78 Å². The van der Waals surface area contributed by atoms with Gasteiger partial charge in [0.2, 0.25) is 10.0 Å². The van der Waals surface area contributed by atoms with Crippen molar-refractivity contribution >= 4 is 15.7 Å². The van der Waals surface area contributed by atoms with Crippen molar-refractivity contribution < 1.29 is 12.9 Å². The highest BCUT2D eigenvalue weighted by Gasteiger charge is 2.16. The molecule has 0 radical (unpaired) electrons. The Labute approximate surface area is 110 Å².